The number of benzene rings is 2. The highest BCUT2D eigenvalue weighted by atomic mass is 16.5. The van der Waals surface area contributed by atoms with Gasteiger partial charge in [0.15, 0.2) is 0 Å². The third kappa shape index (κ3) is 3.70. The Balaban J connectivity index is 1.39. The molecule has 4 nitrogen and oxygen atoms in total. The van der Waals surface area contributed by atoms with Gasteiger partial charge in [-0.25, -0.2) is 0 Å². The van der Waals surface area contributed by atoms with Crippen LogP contribution in [0.15, 0.2) is 42.5 Å². The molecular formula is C21H26N2O2. The van der Waals surface area contributed by atoms with Crippen LogP contribution in [0.3, 0.4) is 0 Å². The molecular weight excluding hydrogens is 312 g/mol. The van der Waals surface area contributed by atoms with Crippen molar-refractivity contribution in [1.82, 2.24) is 9.80 Å². The summed E-state index contributed by atoms with van der Waals surface area (Å²) in [5.41, 5.74) is 0.821. The normalized spacial score (nSPS) is 22.2. The van der Waals surface area contributed by atoms with E-state index in [4.69, 9.17) is 4.74 Å². The smallest absolute Gasteiger partial charge is 0.254 e. The van der Waals surface area contributed by atoms with Crippen molar-refractivity contribution >= 4 is 16.7 Å². The van der Waals surface area contributed by atoms with E-state index in [0.29, 0.717) is 6.10 Å². The number of piperazine rings is 1. The Hall–Kier alpha value is -1.91. The quantitative estimate of drug-likeness (QED) is 0.862. The summed E-state index contributed by atoms with van der Waals surface area (Å²) in [5, 5.41) is 2.18. The number of amides is 1. The molecule has 1 amide bonds. The lowest BCUT2D eigenvalue weighted by Gasteiger charge is -2.37. The third-order valence-corrected chi connectivity index (χ3v) is 5.42. The number of rotatable bonds is 3. The SMILES string of the molecule is O=C(c1cccc2ccccc12)N1CCN(CC2CCCCO2)CC1. The van der Waals surface area contributed by atoms with Crippen LogP contribution in [0.25, 0.3) is 10.8 Å². The monoisotopic (exact) mass is 338 g/mol. The van der Waals surface area contributed by atoms with Gasteiger partial charge >= 0.3 is 0 Å². The summed E-state index contributed by atoms with van der Waals surface area (Å²) in [7, 11) is 0. The minimum Gasteiger partial charge on any atom is -0.377 e. The summed E-state index contributed by atoms with van der Waals surface area (Å²) in [6.45, 7) is 5.40. The van der Waals surface area contributed by atoms with Crippen LogP contribution in [0.4, 0.5) is 0 Å². The molecule has 132 valence electrons. The fraction of sp³-hybridized carbons (Fsp3) is 0.476. The Kier molecular flexibility index (Phi) is 4.99. The molecule has 0 aliphatic carbocycles. The van der Waals surface area contributed by atoms with Crippen LogP contribution >= 0.6 is 0 Å². The summed E-state index contributed by atoms with van der Waals surface area (Å²) >= 11 is 0. The van der Waals surface area contributed by atoms with Crippen molar-refractivity contribution in [2.24, 2.45) is 0 Å². The zero-order valence-electron chi connectivity index (χ0n) is 14.7. The largest absolute Gasteiger partial charge is 0.377 e. The average Bonchev–Trinajstić information content (AvgIpc) is 2.68. The van der Waals surface area contributed by atoms with Gasteiger partial charge in [-0.1, -0.05) is 36.4 Å². The molecule has 0 aromatic heterocycles. The lowest BCUT2D eigenvalue weighted by molar-refractivity contribution is -0.0130. The molecule has 1 unspecified atom stereocenters. The zero-order chi connectivity index (χ0) is 17.1. The fourth-order valence-electron chi connectivity index (χ4n) is 3.96. The minimum absolute atomic E-state index is 0.158. The molecule has 4 heteroatoms. The maximum Gasteiger partial charge on any atom is 0.254 e. The average molecular weight is 338 g/mol. The second-order valence-corrected chi connectivity index (χ2v) is 7.11. The molecule has 4 rings (SSSR count). The number of carbonyl (C=O) groups is 1. The molecule has 0 saturated carbocycles. The molecule has 2 saturated heterocycles. The van der Waals surface area contributed by atoms with Crippen LogP contribution in [0.5, 0.6) is 0 Å². The highest BCUT2D eigenvalue weighted by Gasteiger charge is 2.25. The Morgan fingerprint density at radius 1 is 1.00 bits per heavy atom. The molecule has 2 heterocycles. The van der Waals surface area contributed by atoms with E-state index in [-0.39, 0.29) is 5.91 Å². The number of hydrogen-bond donors (Lipinski definition) is 0. The van der Waals surface area contributed by atoms with Crippen molar-refractivity contribution in [2.75, 3.05) is 39.3 Å². The minimum atomic E-state index is 0.158. The molecule has 0 bridgehead atoms. The van der Waals surface area contributed by atoms with E-state index < -0.39 is 0 Å². The van der Waals surface area contributed by atoms with Gasteiger partial charge in [0.2, 0.25) is 0 Å². The summed E-state index contributed by atoms with van der Waals surface area (Å²) in [6, 6.07) is 14.1. The standard InChI is InChI=1S/C21H26N2O2/c24-21(20-10-5-7-17-6-1-2-9-19(17)20)23-13-11-22(12-14-23)16-18-8-3-4-15-25-18/h1-2,5-7,9-10,18H,3-4,8,11-16H2. The topological polar surface area (TPSA) is 32.8 Å². The van der Waals surface area contributed by atoms with Crippen LogP contribution in [-0.4, -0.2) is 61.1 Å². The van der Waals surface area contributed by atoms with Gasteiger partial charge in [-0.15, -0.1) is 0 Å². The summed E-state index contributed by atoms with van der Waals surface area (Å²) in [6.07, 6.45) is 4.04. The first-order chi connectivity index (χ1) is 12.3. The maximum absolute atomic E-state index is 13.0. The second-order valence-electron chi connectivity index (χ2n) is 7.11. The van der Waals surface area contributed by atoms with Gasteiger partial charge in [0.1, 0.15) is 0 Å². The summed E-state index contributed by atoms with van der Waals surface area (Å²) < 4.78 is 5.85. The van der Waals surface area contributed by atoms with Crippen molar-refractivity contribution in [2.45, 2.75) is 25.4 Å². The molecule has 25 heavy (non-hydrogen) atoms. The van der Waals surface area contributed by atoms with E-state index in [1.165, 1.54) is 19.3 Å². The number of carbonyl (C=O) groups excluding carboxylic acids is 1. The molecule has 0 spiro atoms. The lowest BCUT2D eigenvalue weighted by Crippen LogP contribution is -2.50. The van der Waals surface area contributed by atoms with E-state index in [0.717, 1.165) is 55.7 Å². The summed E-state index contributed by atoms with van der Waals surface area (Å²) in [4.78, 5) is 17.4. The van der Waals surface area contributed by atoms with Crippen molar-refractivity contribution in [3.8, 4) is 0 Å². The predicted molar refractivity (Wildman–Crippen MR) is 99.9 cm³/mol. The third-order valence-electron chi connectivity index (χ3n) is 5.42. The van der Waals surface area contributed by atoms with Crippen LogP contribution in [0.1, 0.15) is 29.6 Å². The Morgan fingerprint density at radius 3 is 2.60 bits per heavy atom. The van der Waals surface area contributed by atoms with Crippen molar-refractivity contribution < 1.29 is 9.53 Å². The first kappa shape index (κ1) is 16.6. The predicted octanol–water partition coefficient (Wildman–Crippen LogP) is 3.17. The Labute approximate surface area is 149 Å². The number of nitrogens with zero attached hydrogens (tertiary/aromatic N) is 2. The van der Waals surface area contributed by atoms with Gasteiger partial charge in [0, 0.05) is 44.9 Å². The number of ether oxygens (including phenoxy) is 1. The second kappa shape index (κ2) is 7.54. The molecule has 0 N–H and O–H groups in total. The van der Waals surface area contributed by atoms with Crippen molar-refractivity contribution in [1.29, 1.82) is 0 Å². The lowest BCUT2D eigenvalue weighted by atomic mass is 10.0. The van der Waals surface area contributed by atoms with Crippen LogP contribution < -0.4 is 0 Å². The highest BCUT2D eigenvalue weighted by Crippen LogP contribution is 2.21. The van der Waals surface area contributed by atoms with E-state index >= 15 is 0 Å². The van der Waals surface area contributed by atoms with Crippen molar-refractivity contribution in [3.63, 3.8) is 0 Å². The molecule has 1 atom stereocenters. The van der Waals surface area contributed by atoms with Gasteiger partial charge < -0.3 is 9.64 Å². The Morgan fingerprint density at radius 2 is 1.80 bits per heavy atom. The van der Waals surface area contributed by atoms with Crippen molar-refractivity contribution in [3.05, 3.63) is 48.0 Å². The van der Waals surface area contributed by atoms with E-state index in [2.05, 4.69) is 17.0 Å². The number of hydrogen-bond acceptors (Lipinski definition) is 3. The van der Waals surface area contributed by atoms with Gasteiger partial charge in [-0.3, -0.25) is 9.69 Å². The van der Waals surface area contributed by atoms with E-state index in [1.54, 1.807) is 0 Å². The zero-order valence-corrected chi connectivity index (χ0v) is 14.7. The molecule has 0 radical (unpaired) electrons. The summed E-state index contributed by atoms with van der Waals surface area (Å²) in [5.74, 6) is 0.158. The van der Waals surface area contributed by atoms with E-state index in [9.17, 15) is 4.79 Å². The van der Waals surface area contributed by atoms with Gasteiger partial charge in [-0.05, 0) is 36.1 Å². The first-order valence-corrected chi connectivity index (χ1v) is 9.42. The first-order valence-electron chi connectivity index (χ1n) is 9.42. The molecule has 2 aliphatic heterocycles. The van der Waals surface area contributed by atoms with Crippen LogP contribution in [0.2, 0.25) is 0 Å². The van der Waals surface area contributed by atoms with Gasteiger partial charge in [-0.2, -0.15) is 0 Å². The molecule has 2 fully saturated rings. The molecule has 2 aliphatic rings. The van der Waals surface area contributed by atoms with Gasteiger partial charge in [0.25, 0.3) is 5.91 Å². The maximum atomic E-state index is 13.0. The Bertz CT molecular complexity index is 726. The number of fused-ring (bicyclic) bond motifs is 1. The van der Waals surface area contributed by atoms with Crippen LogP contribution in [0, 0.1) is 0 Å². The molecule has 2 aromatic carbocycles. The van der Waals surface area contributed by atoms with Gasteiger partial charge in [0.05, 0.1) is 6.10 Å². The fourth-order valence-corrected chi connectivity index (χ4v) is 3.96. The van der Waals surface area contributed by atoms with E-state index in [1.807, 2.05) is 35.2 Å². The van der Waals surface area contributed by atoms with Crippen LogP contribution in [-0.2, 0) is 4.74 Å². The highest BCUT2D eigenvalue weighted by molar-refractivity contribution is 6.07. The molecule has 2 aromatic rings.